The Hall–Kier alpha value is -1.75. The van der Waals surface area contributed by atoms with Gasteiger partial charge in [-0.15, -0.1) is 0 Å². The molecule has 1 N–H and O–H groups in total. The van der Waals surface area contributed by atoms with Gasteiger partial charge in [0.2, 0.25) is 0 Å². The summed E-state index contributed by atoms with van der Waals surface area (Å²) >= 11 is 0. The highest BCUT2D eigenvalue weighted by Gasteiger charge is 2.22. The standard InChI is InChI=1S/C15H21N5/c1-3-14-18-15-7-6-13(10-20(15)19-14)17-11(2)12-5-4-8-16-9-12/h4-5,8-9,11,13,17H,3,6-7,10H2,1-2H3/t11-,13+/m1/s1. The zero-order valence-corrected chi connectivity index (χ0v) is 12.1. The Balaban J connectivity index is 1.65. The molecule has 0 amide bonds. The lowest BCUT2D eigenvalue weighted by molar-refractivity contribution is 0.334. The molecule has 106 valence electrons. The molecule has 0 bridgehead atoms. The Bertz CT molecular complexity index is 563. The lowest BCUT2D eigenvalue weighted by Gasteiger charge is -2.27. The first-order valence-electron chi connectivity index (χ1n) is 7.35. The SMILES string of the molecule is CCc1nc2n(n1)C[C@@H](N[C@H](C)c1cccnc1)CC2. The molecule has 0 aliphatic carbocycles. The molecule has 2 aromatic rings. The molecule has 1 aliphatic heterocycles. The van der Waals surface area contributed by atoms with E-state index in [9.17, 15) is 0 Å². The molecule has 0 saturated carbocycles. The minimum absolute atomic E-state index is 0.310. The van der Waals surface area contributed by atoms with Gasteiger partial charge in [-0.1, -0.05) is 13.0 Å². The van der Waals surface area contributed by atoms with Gasteiger partial charge < -0.3 is 5.32 Å². The van der Waals surface area contributed by atoms with E-state index in [-0.39, 0.29) is 0 Å². The normalized spacial score (nSPS) is 19.6. The van der Waals surface area contributed by atoms with E-state index in [2.05, 4.69) is 45.0 Å². The summed E-state index contributed by atoms with van der Waals surface area (Å²) in [4.78, 5) is 8.74. The van der Waals surface area contributed by atoms with Crippen LogP contribution in [0.5, 0.6) is 0 Å². The molecule has 5 heteroatoms. The number of aromatic nitrogens is 4. The van der Waals surface area contributed by atoms with Crippen LogP contribution >= 0.6 is 0 Å². The van der Waals surface area contributed by atoms with E-state index in [4.69, 9.17) is 0 Å². The summed E-state index contributed by atoms with van der Waals surface area (Å²) in [6.45, 7) is 5.19. The van der Waals surface area contributed by atoms with Crippen molar-refractivity contribution in [3.63, 3.8) is 0 Å². The molecule has 0 fully saturated rings. The number of aryl methyl sites for hydroxylation is 2. The number of hydrogen-bond acceptors (Lipinski definition) is 4. The molecular formula is C15H21N5. The summed E-state index contributed by atoms with van der Waals surface area (Å²) in [5.41, 5.74) is 1.23. The predicted molar refractivity (Wildman–Crippen MR) is 77.3 cm³/mol. The van der Waals surface area contributed by atoms with Gasteiger partial charge in [0.1, 0.15) is 5.82 Å². The maximum absolute atomic E-state index is 4.56. The first kappa shape index (κ1) is 13.2. The molecule has 3 rings (SSSR count). The van der Waals surface area contributed by atoms with E-state index in [1.807, 2.05) is 18.5 Å². The van der Waals surface area contributed by atoms with E-state index in [0.29, 0.717) is 12.1 Å². The van der Waals surface area contributed by atoms with Crippen molar-refractivity contribution in [1.29, 1.82) is 0 Å². The molecule has 0 aromatic carbocycles. The van der Waals surface area contributed by atoms with Gasteiger partial charge in [0.25, 0.3) is 0 Å². The minimum Gasteiger partial charge on any atom is -0.306 e. The van der Waals surface area contributed by atoms with Crippen molar-refractivity contribution >= 4 is 0 Å². The second kappa shape index (κ2) is 5.71. The molecule has 1 aliphatic rings. The highest BCUT2D eigenvalue weighted by molar-refractivity contribution is 5.13. The number of fused-ring (bicyclic) bond motifs is 1. The van der Waals surface area contributed by atoms with Crippen molar-refractivity contribution in [2.45, 2.75) is 51.7 Å². The van der Waals surface area contributed by atoms with Gasteiger partial charge in [-0.05, 0) is 25.0 Å². The molecule has 2 atom stereocenters. The second-order valence-electron chi connectivity index (χ2n) is 5.39. The van der Waals surface area contributed by atoms with Crippen LogP contribution in [0.1, 0.15) is 43.5 Å². The maximum atomic E-state index is 4.56. The van der Waals surface area contributed by atoms with Crippen molar-refractivity contribution in [3.8, 4) is 0 Å². The minimum atomic E-state index is 0.310. The van der Waals surface area contributed by atoms with Gasteiger partial charge in [-0.25, -0.2) is 9.67 Å². The monoisotopic (exact) mass is 271 g/mol. The number of pyridine rings is 1. The van der Waals surface area contributed by atoms with Crippen molar-refractivity contribution in [2.75, 3.05) is 0 Å². The largest absolute Gasteiger partial charge is 0.306 e. The predicted octanol–water partition coefficient (Wildman–Crippen LogP) is 1.90. The topological polar surface area (TPSA) is 55.6 Å². The van der Waals surface area contributed by atoms with Crippen LogP contribution < -0.4 is 5.32 Å². The van der Waals surface area contributed by atoms with Crippen LogP contribution in [0.4, 0.5) is 0 Å². The number of nitrogens with one attached hydrogen (secondary N) is 1. The van der Waals surface area contributed by atoms with E-state index in [0.717, 1.165) is 37.5 Å². The van der Waals surface area contributed by atoms with Crippen molar-refractivity contribution in [1.82, 2.24) is 25.1 Å². The Kier molecular flexibility index (Phi) is 3.78. The van der Waals surface area contributed by atoms with E-state index < -0.39 is 0 Å². The fourth-order valence-corrected chi connectivity index (χ4v) is 2.73. The first-order chi connectivity index (χ1) is 9.76. The van der Waals surface area contributed by atoms with Gasteiger partial charge in [0, 0.05) is 37.3 Å². The molecule has 0 unspecified atom stereocenters. The summed E-state index contributed by atoms with van der Waals surface area (Å²) in [6.07, 6.45) is 6.77. The third kappa shape index (κ3) is 2.72. The zero-order valence-electron chi connectivity index (χ0n) is 12.1. The van der Waals surface area contributed by atoms with Crippen LogP contribution in [0.2, 0.25) is 0 Å². The molecule has 3 heterocycles. The summed E-state index contributed by atoms with van der Waals surface area (Å²) in [6, 6.07) is 4.86. The molecule has 0 spiro atoms. The van der Waals surface area contributed by atoms with Gasteiger partial charge >= 0.3 is 0 Å². The summed E-state index contributed by atoms with van der Waals surface area (Å²) in [7, 11) is 0. The van der Waals surface area contributed by atoms with E-state index >= 15 is 0 Å². The zero-order chi connectivity index (χ0) is 13.9. The first-order valence-corrected chi connectivity index (χ1v) is 7.35. The number of rotatable bonds is 4. The number of nitrogens with zero attached hydrogens (tertiary/aromatic N) is 4. The lowest BCUT2D eigenvalue weighted by atomic mass is 10.0. The fourth-order valence-electron chi connectivity index (χ4n) is 2.73. The van der Waals surface area contributed by atoms with Gasteiger partial charge in [-0.3, -0.25) is 4.98 Å². The van der Waals surface area contributed by atoms with E-state index in [1.54, 1.807) is 0 Å². The Morgan fingerprint density at radius 1 is 1.50 bits per heavy atom. The van der Waals surface area contributed by atoms with Crippen LogP contribution in [-0.4, -0.2) is 25.8 Å². The quantitative estimate of drug-likeness (QED) is 0.923. The molecular weight excluding hydrogens is 250 g/mol. The average Bonchev–Trinajstić information content (AvgIpc) is 2.90. The number of hydrogen-bond donors (Lipinski definition) is 1. The average molecular weight is 271 g/mol. The van der Waals surface area contributed by atoms with Crippen LogP contribution in [-0.2, 0) is 19.4 Å². The van der Waals surface area contributed by atoms with Gasteiger partial charge in [0.05, 0.1) is 6.54 Å². The lowest BCUT2D eigenvalue weighted by Crippen LogP contribution is -2.39. The summed E-state index contributed by atoms with van der Waals surface area (Å²) < 4.78 is 2.07. The third-order valence-corrected chi connectivity index (χ3v) is 3.89. The Morgan fingerprint density at radius 3 is 3.15 bits per heavy atom. The summed E-state index contributed by atoms with van der Waals surface area (Å²) in [5, 5.41) is 8.23. The molecule has 5 nitrogen and oxygen atoms in total. The highest BCUT2D eigenvalue weighted by Crippen LogP contribution is 2.17. The third-order valence-electron chi connectivity index (χ3n) is 3.89. The maximum Gasteiger partial charge on any atom is 0.150 e. The highest BCUT2D eigenvalue weighted by atomic mass is 15.4. The van der Waals surface area contributed by atoms with Crippen LogP contribution in [0.25, 0.3) is 0 Å². The fraction of sp³-hybridized carbons (Fsp3) is 0.533. The molecule has 0 saturated heterocycles. The van der Waals surface area contributed by atoms with Crippen molar-refractivity contribution in [3.05, 3.63) is 41.7 Å². The van der Waals surface area contributed by atoms with Crippen LogP contribution in [0.3, 0.4) is 0 Å². The summed E-state index contributed by atoms with van der Waals surface area (Å²) in [5.74, 6) is 2.09. The molecule has 2 aromatic heterocycles. The molecule has 20 heavy (non-hydrogen) atoms. The second-order valence-corrected chi connectivity index (χ2v) is 5.39. The Labute approximate surface area is 119 Å². The van der Waals surface area contributed by atoms with Gasteiger partial charge in [0.15, 0.2) is 5.82 Å². The van der Waals surface area contributed by atoms with E-state index in [1.165, 1.54) is 5.56 Å². The Morgan fingerprint density at radius 2 is 2.40 bits per heavy atom. The van der Waals surface area contributed by atoms with Crippen LogP contribution in [0.15, 0.2) is 24.5 Å². The molecule has 0 radical (unpaired) electrons. The van der Waals surface area contributed by atoms with Crippen molar-refractivity contribution in [2.24, 2.45) is 0 Å². The van der Waals surface area contributed by atoms with Crippen LogP contribution in [0, 0.1) is 0 Å². The van der Waals surface area contributed by atoms with Gasteiger partial charge in [-0.2, -0.15) is 5.10 Å². The smallest absolute Gasteiger partial charge is 0.150 e. The van der Waals surface area contributed by atoms with Crippen molar-refractivity contribution < 1.29 is 0 Å².